The summed E-state index contributed by atoms with van der Waals surface area (Å²) in [6.45, 7) is 6.80. The molecular formula is C16H23Cl. The fraction of sp³-hybridized carbons (Fsp3) is 0.625. The third kappa shape index (κ3) is 2.68. The minimum atomic E-state index is 0.172. The second-order valence-corrected chi connectivity index (χ2v) is 6.48. The summed E-state index contributed by atoms with van der Waals surface area (Å²) >= 11 is 6.69. The second-order valence-electron chi connectivity index (χ2n) is 6.05. The number of rotatable bonds is 3. The van der Waals surface area contributed by atoms with Crippen LogP contribution in [0.15, 0.2) is 24.3 Å². The molecule has 1 saturated carbocycles. The van der Waals surface area contributed by atoms with Gasteiger partial charge in [-0.2, -0.15) is 0 Å². The summed E-state index contributed by atoms with van der Waals surface area (Å²) < 4.78 is 0. The predicted molar refractivity (Wildman–Crippen MR) is 75.7 cm³/mol. The van der Waals surface area contributed by atoms with Crippen LogP contribution < -0.4 is 0 Å². The van der Waals surface area contributed by atoms with Crippen molar-refractivity contribution in [2.24, 2.45) is 5.41 Å². The molecule has 0 radical (unpaired) electrons. The van der Waals surface area contributed by atoms with Gasteiger partial charge in [0.15, 0.2) is 0 Å². The van der Waals surface area contributed by atoms with E-state index in [1.807, 2.05) is 0 Å². The van der Waals surface area contributed by atoms with Crippen LogP contribution >= 0.6 is 11.6 Å². The van der Waals surface area contributed by atoms with Crippen LogP contribution in [0.1, 0.15) is 68.9 Å². The van der Waals surface area contributed by atoms with Crippen molar-refractivity contribution in [3.8, 4) is 0 Å². The van der Waals surface area contributed by atoms with Crippen molar-refractivity contribution in [2.75, 3.05) is 0 Å². The quantitative estimate of drug-likeness (QED) is 0.607. The van der Waals surface area contributed by atoms with E-state index in [2.05, 4.69) is 45.0 Å². The first kappa shape index (κ1) is 13.0. The van der Waals surface area contributed by atoms with Crippen molar-refractivity contribution in [1.82, 2.24) is 0 Å². The zero-order valence-corrected chi connectivity index (χ0v) is 11.9. The highest BCUT2D eigenvalue weighted by Crippen LogP contribution is 2.50. The van der Waals surface area contributed by atoms with Gasteiger partial charge < -0.3 is 0 Å². The van der Waals surface area contributed by atoms with Gasteiger partial charge in [0, 0.05) is 0 Å². The number of hydrogen-bond acceptors (Lipinski definition) is 0. The molecule has 1 fully saturated rings. The lowest BCUT2D eigenvalue weighted by Crippen LogP contribution is -2.17. The Hall–Kier alpha value is -0.490. The van der Waals surface area contributed by atoms with Gasteiger partial charge in [0.25, 0.3) is 0 Å². The van der Waals surface area contributed by atoms with Gasteiger partial charge >= 0.3 is 0 Å². The van der Waals surface area contributed by atoms with Crippen molar-refractivity contribution in [3.63, 3.8) is 0 Å². The number of alkyl halides is 1. The van der Waals surface area contributed by atoms with Crippen LogP contribution in [0.4, 0.5) is 0 Å². The lowest BCUT2D eigenvalue weighted by atomic mass is 9.81. The van der Waals surface area contributed by atoms with Crippen molar-refractivity contribution in [1.29, 1.82) is 0 Å². The molecule has 1 unspecified atom stereocenters. The van der Waals surface area contributed by atoms with Gasteiger partial charge in [0.1, 0.15) is 0 Å². The number of hydrogen-bond donors (Lipinski definition) is 0. The normalized spacial score (nSPS) is 20.8. The molecule has 0 spiro atoms. The molecule has 0 amide bonds. The van der Waals surface area contributed by atoms with Gasteiger partial charge in [0.2, 0.25) is 0 Å². The number of benzene rings is 1. The van der Waals surface area contributed by atoms with Gasteiger partial charge in [-0.1, -0.05) is 57.9 Å². The van der Waals surface area contributed by atoms with E-state index in [0.29, 0.717) is 11.3 Å². The summed E-state index contributed by atoms with van der Waals surface area (Å²) in [6.07, 6.45) is 5.22. The molecule has 1 aliphatic rings. The van der Waals surface area contributed by atoms with Crippen LogP contribution in [0.3, 0.4) is 0 Å². The molecule has 1 aromatic rings. The maximum atomic E-state index is 6.69. The predicted octanol–water partition coefficient (Wildman–Crippen LogP) is 5.67. The summed E-state index contributed by atoms with van der Waals surface area (Å²) in [7, 11) is 0. The molecule has 0 bridgehead atoms. The SMILES string of the molecule is CC(C)c1ccc(C(Cl)C2(C)CCCC2)cc1. The minimum absolute atomic E-state index is 0.172. The van der Waals surface area contributed by atoms with Crippen LogP contribution in [0.5, 0.6) is 0 Å². The van der Waals surface area contributed by atoms with Gasteiger partial charge in [-0.05, 0) is 35.3 Å². The smallest absolute Gasteiger partial charge is 0.0638 e. The van der Waals surface area contributed by atoms with Gasteiger partial charge in [0.05, 0.1) is 5.38 Å². The molecule has 94 valence electrons. The third-order valence-corrected chi connectivity index (χ3v) is 5.03. The van der Waals surface area contributed by atoms with E-state index >= 15 is 0 Å². The van der Waals surface area contributed by atoms with Crippen molar-refractivity contribution < 1.29 is 0 Å². The van der Waals surface area contributed by atoms with E-state index in [-0.39, 0.29) is 5.38 Å². The summed E-state index contributed by atoms with van der Waals surface area (Å²) in [6, 6.07) is 8.90. The molecule has 17 heavy (non-hydrogen) atoms. The molecule has 1 aromatic carbocycles. The van der Waals surface area contributed by atoms with Crippen molar-refractivity contribution in [2.45, 2.75) is 57.7 Å². The van der Waals surface area contributed by atoms with E-state index in [1.165, 1.54) is 36.8 Å². The zero-order valence-electron chi connectivity index (χ0n) is 11.2. The topological polar surface area (TPSA) is 0 Å². The first-order valence-corrected chi connectivity index (χ1v) is 7.20. The fourth-order valence-electron chi connectivity index (χ4n) is 2.89. The van der Waals surface area contributed by atoms with Gasteiger partial charge in [-0.25, -0.2) is 0 Å². The molecule has 0 saturated heterocycles. The van der Waals surface area contributed by atoms with Crippen LogP contribution in [0, 0.1) is 5.41 Å². The van der Waals surface area contributed by atoms with E-state index in [9.17, 15) is 0 Å². The Morgan fingerprint density at radius 2 is 1.47 bits per heavy atom. The lowest BCUT2D eigenvalue weighted by molar-refractivity contribution is 0.322. The molecular weight excluding hydrogens is 228 g/mol. The third-order valence-electron chi connectivity index (χ3n) is 4.25. The second kappa shape index (κ2) is 5.02. The highest BCUT2D eigenvalue weighted by molar-refractivity contribution is 6.21. The van der Waals surface area contributed by atoms with Crippen LogP contribution in [-0.2, 0) is 0 Å². The van der Waals surface area contributed by atoms with Crippen molar-refractivity contribution in [3.05, 3.63) is 35.4 Å². The van der Waals surface area contributed by atoms with Crippen LogP contribution in [0.2, 0.25) is 0 Å². The molecule has 1 aliphatic carbocycles. The highest BCUT2D eigenvalue weighted by Gasteiger charge is 2.36. The average Bonchev–Trinajstić information content (AvgIpc) is 2.76. The van der Waals surface area contributed by atoms with Crippen LogP contribution in [-0.4, -0.2) is 0 Å². The first-order valence-electron chi connectivity index (χ1n) is 6.77. The van der Waals surface area contributed by atoms with E-state index in [4.69, 9.17) is 11.6 Å². The van der Waals surface area contributed by atoms with Crippen LogP contribution in [0.25, 0.3) is 0 Å². The Kier molecular flexibility index (Phi) is 3.82. The molecule has 0 aliphatic heterocycles. The minimum Gasteiger partial charge on any atom is -0.117 e. The molecule has 0 aromatic heterocycles. The Morgan fingerprint density at radius 1 is 1.00 bits per heavy atom. The fourth-order valence-corrected chi connectivity index (χ4v) is 3.25. The standard InChI is InChI=1S/C16H23Cl/c1-12(2)13-6-8-14(9-7-13)15(17)16(3)10-4-5-11-16/h6-9,12,15H,4-5,10-11H2,1-3H3. The molecule has 2 rings (SSSR count). The first-order chi connectivity index (χ1) is 8.03. The lowest BCUT2D eigenvalue weighted by Gasteiger charge is -2.30. The molecule has 0 heterocycles. The van der Waals surface area contributed by atoms with Gasteiger partial charge in [-0.3, -0.25) is 0 Å². The largest absolute Gasteiger partial charge is 0.117 e. The van der Waals surface area contributed by atoms with E-state index in [0.717, 1.165) is 0 Å². The molecule has 1 heteroatoms. The maximum Gasteiger partial charge on any atom is 0.0638 e. The van der Waals surface area contributed by atoms with Gasteiger partial charge in [-0.15, -0.1) is 11.6 Å². The van der Waals surface area contributed by atoms with Crippen molar-refractivity contribution >= 4 is 11.6 Å². The van der Waals surface area contributed by atoms with E-state index in [1.54, 1.807) is 0 Å². The molecule has 0 N–H and O–H groups in total. The maximum absolute atomic E-state index is 6.69. The monoisotopic (exact) mass is 250 g/mol. The molecule has 0 nitrogen and oxygen atoms in total. The Labute approximate surface area is 110 Å². The zero-order chi connectivity index (χ0) is 12.5. The summed E-state index contributed by atoms with van der Waals surface area (Å²) in [4.78, 5) is 0. The summed E-state index contributed by atoms with van der Waals surface area (Å²) in [5.74, 6) is 0.597. The summed E-state index contributed by atoms with van der Waals surface area (Å²) in [5.41, 5.74) is 3.00. The Bertz CT molecular complexity index is 358. The Morgan fingerprint density at radius 3 is 1.94 bits per heavy atom. The summed E-state index contributed by atoms with van der Waals surface area (Å²) in [5, 5.41) is 0.172. The average molecular weight is 251 g/mol. The van der Waals surface area contributed by atoms with E-state index < -0.39 is 0 Å². The molecule has 1 atom stereocenters. The number of halogens is 1. The highest BCUT2D eigenvalue weighted by atomic mass is 35.5. The Balaban J connectivity index is 2.16.